The van der Waals surface area contributed by atoms with E-state index in [1.165, 1.54) is 0 Å². The SMILES string of the molecule is C=CS(=O)(=O)CCCCCC(=O)N[C@@H](C(=O)N[C@H](CCCNC(N)=O)CNc1ccc(COC(=O)C(C)(C)C)cc1)C(C)C. The third-order valence-electron chi connectivity index (χ3n) is 6.72. The van der Waals surface area contributed by atoms with Crippen LogP contribution >= 0.6 is 0 Å². The van der Waals surface area contributed by atoms with Crippen molar-refractivity contribution < 1.29 is 32.3 Å². The molecule has 13 heteroatoms. The molecule has 0 heterocycles. The molecule has 4 amide bonds. The van der Waals surface area contributed by atoms with Gasteiger partial charge in [0, 0.05) is 36.6 Å². The van der Waals surface area contributed by atoms with E-state index in [-0.39, 0.29) is 48.5 Å². The lowest BCUT2D eigenvalue weighted by Gasteiger charge is -2.26. The van der Waals surface area contributed by atoms with Crippen LogP contribution in [0.15, 0.2) is 36.3 Å². The van der Waals surface area contributed by atoms with Crippen molar-refractivity contribution in [3.63, 3.8) is 0 Å². The minimum atomic E-state index is -3.26. The van der Waals surface area contributed by atoms with Crippen molar-refractivity contribution in [2.75, 3.05) is 24.2 Å². The summed E-state index contributed by atoms with van der Waals surface area (Å²) in [5.74, 6) is -1.06. The first-order valence-corrected chi connectivity index (χ1v) is 16.7. The second kappa shape index (κ2) is 18.9. The minimum absolute atomic E-state index is 0.00343. The van der Waals surface area contributed by atoms with E-state index in [1.54, 1.807) is 20.8 Å². The van der Waals surface area contributed by atoms with E-state index in [0.717, 1.165) is 16.7 Å². The van der Waals surface area contributed by atoms with Crippen LogP contribution in [0.1, 0.15) is 78.7 Å². The van der Waals surface area contributed by atoms with Gasteiger partial charge in [-0.3, -0.25) is 14.4 Å². The predicted molar refractivity (Wildman–Crippen MR) is 172 cm³/mol. The average molecular weight is 638 g/mol. The zero-order valence-electron chi connectivity index (χ0n) is 26.7. The summed E-state index contributed by atoms with van der Waals surface area (Å²) in [5.41, 5.74) is 6.23. The summed E-state index contributed by atoms with van der Waals surface area (Å²) in [6, 6.07) is 5.72. The van der Waals surface area contributed by atoms with Crippen LogP contribution in [0.25, 0.3) is 0 Å². The Bertz CT molecular complexity index is 1190. The Balaban J connectivity index is 2.75. The van der Waals surface area contributed by atoms with Crippen LogP contribution < -0.4 is 27.0 Å². The Kier molecular flexibility index (Phi) is 16.5. The Morgan fingerprint density at radius 1 is 1.00 bits per heavy atom. The number of primary amides is 1. The van der Waals surface area contributed by atoms with Gasteiger partial charge in [-0.05, 0) is 70.1 Å². The van der Waals surface area contributed by atoms with E-state index >= 15 is 0 Å². The predicted octanol–water partition coefficient (Wildman–Crippen LogP) is 3.38. The van der Waals surface area contributed by atoms with Crippen LogP contribution in [-0.4, -0.2) is 63.2 Å². The number of esters is 1. The highest BCUT2D eigenvalue weighted by Crippen LogP contribution is 2.17. The number of nitrogens with two attached hydrogens (primary N) is 1. The summed E-state index contributed by atoms with van der Waals surface area (Å²) in [4.78, 5) is 49.0. The average Bonchev–Trinajstić information content (AvgIpc) is 2.94. The van der Waals surface area contributed by atoms with Crippen molar-refractivity contribution in [1.82, 2.24) is 16.0 Å². The highest BCUT2D eigenvalue weighted by molar-refractivity contribution is 7.94. The van der Waals surface area contributed by atoms with Crippen molar-refractivity contribution in [2.24, 2.45) is 17.1 Å². The minimum Gasteiger partial charge on any atom is -0.460 e. The molecule has 0 unspecified atom stereocenters. The van der Waals surface area contributed by atoms with E-state index in [9.17, 15) is 27.6 Å². The number of carbonyl (C=O) groups is 4. The lowest BCUT2D eigenvalue weighted by atomic mass is 9.97. The number of benzene rings is 1. The first kappa shape index (κ1) is 38.4. The fraction of sp³-hybridized carbons (Fsp3) is 0.613. The fourth-order valence-corrected chi connectivity index (χ4v) is 4.80. The second-order valence-electron chi connectivity index (χ2n) is 12.2. The molecular weight excluding hydrogens is 586 g/mol. The smallest absolute Gasteiger partial charge is 0.312 e. The summed E-state index contributed by atoms with van der Waals surface area (Å²) in [5, 5.41) is 12.6. The number of nitrogens with one attached hydrogen (secondary N) is 4. The lowest BCUT2D eigenvalue weighted by Crippen LogP contribution is -2.53. The quantitative estimate of drug-likeness (QED) is 0.106. The van der Waals surface area contributed by atoms with Gasteiger partial charge in [0.15, 0.2) is 9.84 Å². The van der Waals surface area contributed by atoms with Gasteiger partial charge in [0.1, 0.15) is 12.6 Å². The van der Waals surface area contributed by atoms with Gasteiger partial charge >= 0.3 is 12.0 Å². The number of ether oxygens (including phenoxy) is 1. The molecule has 0 fully saturated rings. The van der Waals surface area contributed by atoms with Crippen molar-refractivity contribution >= 4 is 39.3 Å². The van der Waals surface area contributed by atoms with E-state index in [2.05, 4.69) is 27.8 Å². The summed E-state index contributed by atoms with van der Waals surface area (Å²) in [6.07, 6.45) is 2.78. The van der Waals surface area contributed by atoms with Gasteiger partial charge in [-0.1, -0.05) is 39.0 Å². The molecule has 1 rings (SSSR count). The van der Waals surface area contributed by atoms with Gasteiger partial charge in [-0.2, -0.15) is 0 Å². The maximum Gasteiger partial charge on any atom is 0.312 e. The monoisotopic (exact) mass is 637 g/mol. The maximum atomic E-state index is 13.3. The number of rotatable bonds is 20. The number of amides is 4. The number of hydrogen-bond acceptors (Lipinski definition) is 8. The van der Waals surface area contributed by atoms with Crippen LogP contribution in [0.5, 0.6) is 0 Å². The molecule has 0 aromatic heterocycles. The van der Waals surface area contributed by atoms with E-state index in [0.29, 0.717) is 45.2 Å². The molecule has 0 spiro atoms. The molecule has 0 saturated heterocycles. The standard InChI is InChI=1S/C31H51N5O7S/c1-7-44(41,42)19-10-8-9-13-26(37)36-27(22(2)3)28(38)35-25(12-11-18-33-30(32)40)20-34-24-16-14-23(15-17-24)21-43-29(39)31(4,5)6/h7,14-17,22,25,27,34H,1,8-13,18-21H2,2-6H3,(H,35,38)(H,36,37)(H3,32,33,40)/t25-,27-/m1/s1. The first-order valence-electron chi connectivity index (χ1n) is 15.0. The van der Waals surface area contributed by atoms with Gasteiger partial charge in [0.25, 0.3) is 0 Å². The zero-order valence-corrected chi connectivity index (χ0v) is 27.6. The number of hydrogen-bond donors (Lipinski definition) is 5. The fourth-order valence-electron chi connectivity index (χ4n) is 4.03. The molecule has 1 aromatic carbocycles. The van der Waals surface area contributed by atoms with E-state index < -0.39 is 27.3 Å². The Labute approximate surface area is 262 Å². The highest BCUT2D eigenvalue weighted by Gasteiger charge is 2.26. The molecule has 0 aliphatic rings. The molecular formula is C31H51N5O7S. The lowest BCUT2D eigenvalue weighted by molar-refractivity contribution is -0.154. The number of unbranched alkanes of at least 4 members (excludes halogenated alkanes) is 2. The maximum absolute atomic E-state index is 13.3. The van der Waals surface area contributed by atoms with Crippen LogP contribution in [0.3, 0.4) is 0 Å². The molecule has 0 saturated carbocycles. The van der Waals surface area contributed by atoms with E-state index in [4.69, 9.17) is 10.5 Å². The number of sulfone groups is 1. The second-order valence-corrected chi connectivity index (χ2v) is 14.2. The number of urea groups is 1. The van der Waals surface area contributed by atoms with Crippen LogP contribution in [0.2, 0.25) is 0 Å². The third kappa shape index (κ3) is 16.3. The molecule has 0 radical (unpaired) electrons. The largest absolute Gasteiger partial charge is 0.460 e. The normalized spacial score (nSPS) is 13.0. The summed E-state index contributed by atoms with van der Waals surface area (Å²) < 4.78 is 28.4. The van der Waals surface area contributed by atoms with Crippen LogP contribution in [-0.2, 0) is 35.6 Å². The van der Waals surface area contributed by atoms with Crippen molar-refractivity contribution in [3.05, 3.63) is 41.8 Å². The molecule has 44 heavy (non-hydrogen) atoms. The molecule has 0 aliphatic heterocycles. The molecule has 1 aromatic rings. The zero-order chi connectivity index (χ0) is 33.3. The number of carbonyl (C=O) groups excluding carboxylic acids is 4. The van der Waals surface area contributed by atoms with Gasteiger partial charge in [-0.25, -0.2) is 13.2 Å². The topological polar surface area (TPSA) is 186 Å². The van der Waals surface area contributed by atoms with Gasteiger partial charge in [0.05, 0.1) is 11.2 Å². The van der Waals surface area contributed by atoms with E-state index in [1.807, 2.05) is 38.1 Å². The Morgan fingerprint density at radius 2 is 1.66 bits per heavy atom. The molecule has 12 nitrogen and oxygen atoms in total. The van der Waals surface area contributed by atoms with Crippen LogP contribution in [0.4, 0.5) is 10.5 Å². The Hall–Kier alpha value is -3.61. The van der Waals surface area contributed by atoms with Crippen molar-refractivity contribution in [3.8, 4) is 0 Å². The van der Waals surface area contributed by atoms with Gasteiger partial charge < -0.3 is 31.7 Å². The Morgan fingerprint density at radius 3 is 2.23 bits per heavy atom. The molecule has 0 aliphatic carbocycles. The molecule has 248 valence electrons. The first-order chi connectivity index (χ1) is 20.5. The molecule has 6 N–H and O–H groups in total. The van der Waals surface area contributed by atoms with Crippen LogP contribution in [0, 0.1) is 11.3 Å². The third-order valence-corrected chi connectivity index (χ3v) is 8.08. The molecule has 2 atom stereocenters. The highest BCUT2D eigenvalue weighted by atomic mass is 32.2. The summed E-state index contributed by atoms with van der Waals surface area (Å²) >= 11 is 0. The number of anilines is 1. The van der Waals surface area contributed by atoms with Gasteiger partial charge in [0.2, 0.25) is 11.8 Å². The van der Waals surface area contributed by atoms with Crippen molar-refractivity contribution in [1.29, 1.82) is 0 Å². The van der Waals surface area contributed by atoms with Crippen molar-refractivity contribution in [2.45, 2.75) is 91.8 Å². The van der Waals surface area contributed by atoms with Gasteiger partial charge in [-0.15, -0.1) is 0 Å². The summed E-state index contributed by atoms with van der Waals surface area (Å²) in [7, 11) is -3.26. The molecule has 0 bridgehead atoms. The summed E-state index contributed by atoms with van der Waals surface area (Å²) in [6.45, 7) is 13.3.